The summed E-state index contributed by atoms with van der Waals surface area (Å²) in [5, 5.41) is 13.9. The second kappa shape index (κ2) is 6.23. The van der Waals surface area contributed by atoms with Crippen molar-refractivity contribution in [2.75, 3.05) is 11.9 Å². The number of non-ortho nitro benzene ring substituents is 1. The Kier molecular flexibility index (Phi) is 4.94. The molecule has 0 amide bonds. The Labute approximate surface area is 102 Å². The van der Waals surface area contributed by atoms with E-state index in [1.807, 2.05) is 6.07 Å². The molecular formula is C13H20N2O2. The molecule has 0 bridgehead atoms. The molecular weight excluding hydrogens is 216 g/mol. The van der Waals surface area contributed by atoms with Gasteiger partial charge in [0, 0.05) is 24.4 Å². The second-order valence-electron chi connectivity index (χ2n) is 4.92. The second-order valence-corrected chi connectivity index (χ2v) is 4.92. The fourth-order valence-electron chi connectivity index (χ4n) is 1.91. The van der Waals surface area contributed by atoms with Crippen molar-refractivity contribution in [2.24, 2.45) is 11.8 Å². The van der Waals surface area contributed by atoms with Crippen molar-refractivity contribution < 1.29 is 4.92 Å². The van der Waals surface area contributed by atoms with Crippen molar-refractivity contribution in [3.63, 3.8) is 0 Å². The molecule has 17 heavy (non-hydrogen) atoms. The zero-order chi connectivity index (χ0) is 12.8. The van der Waals surface area contributed by atoms with Gasteiger partial charge in [0.15, 0.2) is 0 Å². The number of hydrogen-bond donors (Lipinski definition) is 1. The summed E-state index contributed by atoms with van der Waals surface area (Å²) in [4.78, 5) is 10.2. The van der Waals surface area contributed by atoms with Crippen LogP contribution in [0, 0.1) is 22.0 Å². The van der Waals surface area contributed by atoms with E-state index in [0.717, 1.165) is 18.7 Å². The van der Waals surface area contributed by atoms with Gasteiger partial charge in [0.25, 0.3) is 5.69 Å². The van der Waals surface area contributed by atoms with Crippen LogP contribution in [0.1, 0.15) is 27.2 Å². The zero-order valence-corrected chi connectivity index (χ0v) is 10.6. The minimum atomic E-state index is -0.372. The Balaban J connectivity index is 2.51. The van der Waals surface area contributed by atoms with Crippen LogP contribution < -0.4 is 5.32 Å². The molecule has 1 N–H and O–H groups in total. The van der Waals surface area contributed by atoms with Crippen molar-refractivity contribution in [3.05, 3.63) is 34.4 Å². The number of nitro groups is 1. The number of nitrogens with one attached hydrogen (secondary N) is 1. The number of nitro benzene ring substituents is 1. The lowest BCUT2D eigenvalue weighted by Crippen LogP contribution is -2.13. The molecule has 0 fully saturated rings. The fraction of sp³-hybridized carbons (Fsp3) is 0.538. The van der Waals surface area contributed by atoms with Gasteiger partial charge in [-0.15, -0.1) is 0 Å². The van der Waals surface area contributed by atoms with Crippen LogP contribution in [-0.2, 0) is 0 Å². The minimum Gasteiger partial charge on any atom is -0.385 e. The third-order valence-electron chi connectivity index (χ3n) is 2.59. The summed E-state index contributed by atoms with van der Waals surface area (Å²) in [6, 6.07) is 6.63. The van der Waals surface area contributed by atoms with Crippen LogP contribution in [0.2, 0.25) is 0 Å². The molecule has 0 heterocycles. The van der Waals surface area contributed by atoms with Gasteiger partial charge in [-0.1, -0.05) is 26.8 Å². The maximum Gasteiger partial charge on any atom is 0.271 e. The Morgan fingerprint density at radius 1 is 1.35 bits per heavy atom. The van der Waals surface area contributed by atoms with E-state index in [1.54, 1.807) is 12.1 Å². The predicted octanol–water partition coefficient (Wildman–Crippen LogP) is 3.69. The van der Waals surface area contributed by atoms with Crippen LogP contribution in [-0.4, -0.2) is 11.5 Å². The smallest absolute Gasteiger partial charge is 0.271 e. The molecule has 0 radical (unpaired) electrons. The Bertz CT molecular complexity index is 377. The molecule has 0 saturated carbocycles. The maximum absolute atomic E-state index is 10.6. The van der Waals surface area contributed by atoms with Crippen molar-refractivity contribution in [3.8, 4) is 0 Å². The highest BCUT2D eigenvalue weighted by atomic mass is 16.6. The lowest BCUT2D eigenvalue weighted by Gasteiger charge is -2.15. The molecule has 0 spiro atoms. The molecule has 94 valence electrons. The third-order valence-corrected chi connectivity index (χ3v) is 2.59. The topological polar surface area (TPSA) is 55.2 Å². The van der Waals surface area contributed by atoms with Gasteiger partial charge in [-0.2, -0.15) is 0 Å². The summed E-state index contributed by atoms with van der Waals surface area (Å²) in [6.45, 7) is 7.43. The molecule has 0 aromatic heterocycles. The molecule has 1 unspecified atom stereocenters. The number of nitrogens with zero attached hydrogens (tertiary/aromatic N) is 1. The van der Waals surface area contributed by atoms with E-state index in [2.05, 4.69) is 26.1 Å². The summed E-state index contributed by atoms with van der Waals surface area (Å²) < 4.78 is 0. The summed E-state index contributed by atoms with van der Waals surface area (Å²) >= 11 is 0. The van der Waals surface area contributed by atoms with E-state index in [-0.39, 0.29) is 10.6 Å². The predicted molar refractivity (Wildman–Crippen MR) is 70.2 cm³/mol. The normalized spacial score (nSPS) is 12.5. The zero-order valence-electron chi connectivity index (χ0n) is 10.6. The van der Waals surface area contributed by atoms with Gasteiger partial charge in [0.05, 0.1) is 4.92 Å². The first-order chi connectivity index (χ1) is 7.99. The summed E-state index contributed by atoms with van der Waals surface area (Å²) in [6.07, 6.45) is 1.15. The van der Waals surface area contributed by atoms with Crippen molar-refractivity contribution in [1.82, 2.24) is 0 Å². The van der Waals surface area contributed by atoms with Gasteiger partial charge in [0.2, 0.25) is 0 Å². The molecule has 1 rings (SSSR count). The van der Waals surface area contributed by atoms with Gasteiger partial charge in [-0.3, -0.25) is 10.1 Å². The van der Waals surface area contributed by atoms with Crippen LogP contribution in [0.4, 0.5) is 11.4 Å². The molecule has 0 saturated heterocycles. The number of hydrogen-bond acceptors (Lipinski definition) is 3. The van der Waals surface area contributed by atoms with Crippen molar-refractivity contribution in [2.45, 2.75) is 27.2 Å². The SMILES string of the molecule is CC(C)CC(C)CNc1cccc([N+](=O)[O-])c1. The highest BCUT2D eigenvalue weighted by Crippen LogP contribution is 2.18. The van der Waals surface area contributed by atoms with Gasteiger partial charge in [-0.05, 0) is 24.3 Å². The molecule has 4 nitrogen and oxygen atoms in total. The average molecular weight is 236 g/mol. The Hall–Kier alpha value is -1.58. The van der Waals surface area contributed by atoms with E-state index in [4.69, 9.17) is 0 Å². The molecule has 0 aliphatic rings. The largest absolute Gasteiger partial charge is 0.385 e. The molecule has 1 aromatic carbocycles. The van der Waals surface area contributed by atoms with E-state index >= 15 is 0 Å². The molecule has 1 atom stereocenters. The number of benzene rings is 1. The molecule has 4 heteroatoms. The van der Waals surface area contributed by atoms with E-state index < -0.39 is 0 Å². The quantitative estimate of drug-likeness (QED) is 0.605. The summed E-state index contributed by atoms with van der Waals surface area (Å²) in [5.74, 6) is 1.24. The molecule has 1 aromatic rings. The highest BCUT2D eigenvalue weighted by molar-refractivity contribution is 5.50. The lowest BCUT2D eigenvalue weighted by molar-refractivity contribution is -0.384. The van der Waals surface area contributed by atoms with Crippen molar-refractivity contribution in [1.29, 1.82) is 0 Å². The fourth-order valence-corrected chi connectivity index (χ4v) is 1.91. The van der Waals surface area contributed by atoms with Crippen LogP contribution in [0.15, 0.2) is 24.3 Å². The Morgan fingerprint density at radius 3 is 2.65 bits per heavy atom. The number of anilines is 1. The third kappa shape index (κ3) is 4.85. The number of rotatable bonds is 6. The summed E-state index contributed by atoms with van der Waals surface area (Å²) in [7, 11) is 0. The van der Waals surface area contributed by atoms with E-state index in [9.17, 15) is 10.1 Å². The van der Waals surface area contributed by atoms with Crippen LogP contribution in [0.25, 0.3) is 0 Å². The van der Waals surface area contributed by atoms with Gasteiger partial charge < -0.3 is 5.32 Å². The van der Waals surface area contributed by atoms with Crippen molar-refractivity contribution >= 4 is 11.4 Å². The van der Waals surface area contributed by atoms with E-state index in [1.165, 1.54) is 6.07 Å². The van der Waals surface area contributed by atoms with Gasteiger partial charge in [0.1, 0.15) is 0 Å². The Morgan fingerprint density at radius 2 is 2.06 bits per heavy atom. The monoisotopic (exact) mass is 236 g/mol. The van der Waals surface area contributed by atoms with Crippen LogP contribution >= 0.6 is 0 Å². The first kappa shape index (κ1) is 13.5. The average Bonchev–Trinajstić information content (AvgIpc) is 2.26. The highest BCUT2D eigenvalue weighted by Gasteiger charge is 2.07. The van der Waals surface area contributed by atoms with Crippen LogP contribution in [0.5, 0.6) is 0 Å². The summed E-state index contributed by atoms with van der Waals surface area (Å²) in [5.41, 5.74) is 0.946. The molecule has 0 aliphatic carbocycles. The van der Waals surface area contributed by atoms with Gasteiger partial charge >= 0.3 is 0 Å². The van der Waals surface area contributed by atoms with Crippen LogP contribution in [0.3, 0.4) is 0 Å². The van der Waals surface area contributed by atoms with E-state index in [0.29, 0.717) is 11.8 Å². The first-order valence-electron chi connectivity index (χ1n) is 5.97. The first-order valence-corrected chi connectivity index (χ1v) is 5.97. The standard InChI is InChI=1S/C13H20N2O2/c1-10(2)7-11(3)9-14-12-5-4-6-13(8-12)15(16)17/h4-6,8,10-11,14H,7,9H2,1-3H3. The van der Waals surface area contributed by atoms with Gasteiger partial charge in [-0.25, -0.2) is 0 Å². The molecule has 0 aliphatic heterocycles. The lowest BCUT2D eigenvalue weighted by atomic mass is 9.99. The minimum absolute atomic E-state index is 0.131. The maximum atomic E-state index is 10.6.